The molecule has 0 amide bonds. The van der Waals surface area contributed by atoms with E-state index in [9.17, 15) is 9.18 Å². The zero-order chi connectivity index (χ0) is 40.2. The number of hydrogen-bond acceptors (Lipinski definition) is 10. The minimum atomic E-state index is -0.932. The number of alkyl halides is 1. The third kappa shape index (κ3) is 6.00. The summed E-state index contributed by atoms with van der Waals surface area (Å²) in [4.78, 5) is 29.3. The fourth-order valence-corrected chi connectivity index (χ4v) is 11.1. The quantitative estimate of drug-likeness (QED) is 0.163. The van der Waals surface area contributed by atoms with Crippen molar-refractivity contribution in [2.24, 2.45) is 11.8 Å². The molecule has 4 saturated heterocycles. The molecule has 10 nitrogen and oxygen atoms in total. The molecule has 10 rings (SSSR count). The summed E-state index contributed by atoms with van der Waals surface area (Å²) in [5, 5.41) is 5.21. The molecule has 302 valence electrons. The van der Waals surface area contributed by atoms with Gasteiger partial charge in [0.15, 0.2) is 17.3 Å². The predicted molar refractivity (Wildman–Crippen MR) is 211 cm³/mol. The van der Waals surface area contributed by atoms with E-state index in [2.05, 4.69) is 23.1 Å². The van der Waals surface area contributed by atoms with E-state index in [1.165, 1.54) is 6.07 Å². The van der Waals surface area contributed by atoms with Crippen molar-refractivity contribution in [3.8, 4) is 35.4 Å². The lowest BCUT2D eigenvalue weighted by Crippen LogP contribution is -2.47. The van der Waals surface area contributed by atoms with Crippen molar-refractivity contribution < 1.29 is 31.5 Å². The van der Waals surface area contributed by atoms with Gasteiger partial charge in [-0.05, 0) is 80.5 Å². The number of pyridine rings is 1. The number of halogens is 3. The molecule has 0 spiro atoms. The largest absolute Gasteiger partial charge is 0.519 e. The van der Waals surface area contributed by atoms with Crippen molar-refractivity contribution in [2.45, 2.75) is 114 Å². The van der Waals surface area contributed by atoms with Crippen molar-refractivity contribution >= 4 is 21.7 Å². The lowest BCUT2D eigenvalue weighted by Gasteiger charge is -2.39. The summed E-state index contributed by atoms with van der Waals surface area (Å²) in [5.74, 6) is 1.53. The second-order valence-electron chi connectivity index (χ2n) is 18.2. The molecular formula is C45H46F3N5O5. The Balaban J connectivity index is 1.15. The van der Waals surface area contributed by atoms with Gasteiger partial charge in [0.25, 0.3) is 0 Å². The Labute approximate surface area is 333 Å². The molecule has 7 heterocycles. The number of piperidine rings is 1. The van der Waals surface area contributed by atoms with Gasteiger partial charge in [-0.25, -0.2) is 22.9 Å². The zero-order valence-electron chi connectivity index (χ0n) is 33.1. The number of nitrogens with zero attached hydrogens (tertiary/aromatic N) is 4. The van der Waals surface area contributed by atoms with Gasteiger partial charge in [0.2, 0.25) is 0 Å². The second-order valence-corrected chi connectivity index (χ2v) is 18.2. The van der Waals surface area contributed by atoms with E-state index < -0.39 is 34.6 Å². The van der Waals surface area contributed by atoms with Crippen LogP contribution in [-0.4, -0.2) is 63.3 Å². The van der Waals surface area contributed by atoms with Crippen LogP contribution < -0.4 is 20.6 Å². The van der Waals surface area contributed by atoms with E-state index in [0.717, 1.165) is 44.3 Å². The summed E-state index contributed by atoms with van der Waals surface area (Å²) in [6.07, 6.45) is 10.7. The smallest absolute Gasteiger partial charge is 0.485 e. The van der Waals surface area contributed by atoms with Gasteiger partial charge < -0.3 is 23.6 Å². The number of fused-ring (bicyclic) bond motifs is 7. The van der Waals surface area contributed by atoms with Crippen molar-refractivity contribution in [2.75, 3.05) is 19.7 Å². The first-order valence-corrected chi connectivity index (χ1v) is 20.5. The van der Waals surface area contributed by atoms with Gasteiger partial charge >= 0.3 is 11.8 Å². The minimum Gasteiger partial charge on any atom is -0.485 e. The topological polar surface area (TPSA) is 116 Å². The van der Waals surface area contributed by atoms with E-state index in [0.29, 0.717) is 53.0 Å². The molecule has 58 heavy (non-hydrogen) atoms. The summed E-state index contributed by atoms with van der Waals surface area (Å²) < 4.78 is 71.5. The molecule has 3 aromatic heterocycles. The summed E-state index contributed by atoms with van der Waals surface area (Å²) in [6, 6.07) is 6.77. The number of aromatic nitrogens is 3. The molecule has 0 radical (unpaired) electrons. The number of ether oxygens (including phenoxy) is 2. The standard InChI is InChI=1S/C45H46F3N5O5/c1-6-27-30(47)10-8-23-15-26(55-20-33-41(44(3,4)5)58-43(54)57-33)17-29(35(23)27)39-37(48)40-36-32(50-39)14-22(2)34-28(16-25-9-11-31(34)49-25)38(36)51-42(52-40)56-21-45-12-7-13-53(45)19-24(46)18-45/h1,8,10,15,17,22,24-25,28,31,34,49H,7,9,11-14,16,18-21H2,2-5H3/t22-,24+,25+,28?,31-,34+,45-/m0/s1. The molecule has 1 N–H and O–H groups in total. The van der Waals surface area contributed by atoms with Crippen molar-refractivity contribution in [1.29, 1.82) is 0 Å². The van der Waals surface area contributed by atoms with Crippen LogP contribution in [0.2, 0.25) is 0 Å². The third-order valence-electron chi connectivity index (χ3n) is 13.5. The first-order chi connectivity index (χ1) is 27.8. The molecule has 4 aliphatic heterocycles. The van der Waals surface area contributed by atoms with Gasteiger partial charge in [-0.2, -0.15) is 9.97 Å². The molecule has 1 aliphatic carbocycles. The second kappa shape index (κ2) is 13.6. The van der Waals surface area contributed by atoms with Crippen molar-refractivity contribution in [1.82, 2.24) is 25.2 Å². The maximum absolute atomic E-state index is 17.8. The van der Waals surface area contributed by atoms with Gasteiger partial charge in [-0.15, -0.1) is 6.42 Å². The van der Waals surface area contributed by atoms with Crippen LogP contribution in [-0.2, 0) is 18.4 Å². The Morgan fingerprint density at radius 3 is 2.76 bits per heavy atom. The monoisotopic (exact) mass is 793 g/mol. The lowest BCUT2D eigenvalue weighted by atomic mass is 9.73. The molecule has 1 unspecified atom stereocenters. The molecule has 5 aliphatic rings. The van der Waals surface area contributed by atoms with Crippen LogP contribution in [0.4, 0.5) is 13.2 Å². The minimum absolute atomic E-state index is 0.0263. The average Bonchev–Trinajstić information content (AvgIpc) is 3.93. The number of benzene rings is 2. The summed E-state index contributed by atoms with van der Waals surface area (Å²) >= 11 is 0. The van der Waals surface area contributed by atoms with Crippen LogP contribution in [0.25, 0.3) is 32.9 Å². The van der Waals surface area contributed by atoms with E-state index in [4.69, 9.17) is 39.7 Å². The number of rotatable bonds is 7. The molecule has 4 fully saturated rings. The highest BCUT2D eigenvalue weighted by Gasteiger charge is 2.50. The summed E-state index contributed by atoms with van der Waals surface area (Å²) in [5.41, 5.74) is 0.577. The highest BCUT2D eigenvalue weighted by molar-refractivity contribution is 6.02. The van der Waals surface area contributed by atoms with Crippen LogP contribution in [0, 0.1) is 35.8 Å². The van der Waals surface area contributed by atoms with Crippen LogP contribution in [0.15, 0.2) is 37.9 Å². The molecule has 2 bridgehead atoms. The molecule has 13 heteroatoms. The number of hydrogen-bond donors (Lipinski definition) is 1. The van der Waals surface area contributed by atoms with E-state index in [-0.39, 0.29) is 76.9 Å². The van der Waals surface area contributed by atoms with Gasteiger partial charge in [0.1, 0.15) is 42.2 Å². The molecule has 5 aromatic rings. The molecule has 0 saturated carbocycles. The Morgan fingerprint density at radius 1 is 1.10 bits per heavy atom. The van der Waals surface area contributed by atoms with Gasteiger partial charge in [0.05, 0.1) is 22.5 Å². The maximum atomic E-state index is 17.8. The van der Waals surface area contributed by atoms with Crippen LogP contribution in [0.1, 0.15) is 101 Å². The van der Waals surface area contributed by atoms with Crippen LogP contribution in [0.5, 0.6) is 11.8 Å². The van der Waals surface area contributed by atoms with Gasteiger partial charge in [-0.3, -0.25) is 4.90 Å². The number of terminal acetylenes is 1. The van der Waals surface area contributed by atoms with Crippen LogP contribution in [0.3, 0.4) is 0 Å². The maximum Gasteiger partial charge on any atom is 0.519 e. The predicted octanol–water partition coefficient (Wildman–Crippen LogP) is 7.90. The SMILES string of the molecule is C#Cc1c(F)ccc2cc(OCc3oc(=O)oc3C(C)(C)C)cc(-c3nc4c5c(nc(OC[C@@]67CCCN6C[C@H](F)C7)nc5c3F)C3C[C@H]5CC[C@H](N5)[C@@H]3[C@@H](C)C4)c12. The lowest BCUT2D eigenvalue weighted by molar-refractivity contribution is 0.107. The first-order valence-electron chi connectivity index (χ1n) is 20.5. The van der Waals surface area contributed by atoms with Crippen LogP contribution >= 0.6 is 0 Å². The highest BCUT2D eigenvalue weighted by atomic mass is 19.1. The number of nitrogens with one attached hydrogen (secondary N) is 1. The Bertz CT molecular complexity index is 2590. The first kappa shape index (κ1) is 37.3. The van der Waals surface area contributed by atoms with E-state index in [1.54, 1.807) is 18.2 Å². The fraction of sp³-hybridized carbons (Fsp3) is 0.511. The Morgan fingerprint density at radius 2 is 1.95 bits per heavy atom. The normalized spacial score (nSPS) is 27.8. The summed E-state index contributed by atoms with van der Waals surface area (Å²) in [7, 11) is 0. The molecule has 2 aromatic carbocycles. The summed E-state index contributed by atoms with van der Waals surface area (Å²) in [6.45, 7) is 9.10. The van der Waals surface area contributed by atoms with E-state index in [1.807, 2.05) is 20.8 Å². The highest BCUT2D eigenvalue weighted by Crippen LogP contribution is 2.51. The van der Waals surface area contributed by atoms with Crippen molar-refractivity contribution in [3.05, 3.63) is 75.0 Å². The van der Waals surface area contributed by atoms with Gasteiger partial charge in [-0.1, -0.05) is 39.7 Å². The third-order valence-corrected chi connectivity index (χ3v) is 13.5. The Kier molecular flexibility index (Phi) is 8.73. The molecule has 7 atom stereocenters. The van der Waals surface area contributed by atoms with Gasteiger partial charge in [0, 0.05) is 52.7 Å². The zero-order valence-corrected chi connectivity index (χ0v) is 33.1. The fourth-order valence-electron chi connectivity index (χ4n) is 11.1. The average molecular weight is 794 g/mol. The van der Waals surface area contributed by atoms with Crippen molar-refractivity contribution in [3.63, 3.8) is 0 Å². The molecular weight excluding hydrogens is 748 g/mol. The Hall–Kier alpha value is -4.93. The van der Waals surface area contributed by atoms with E-state index >= 15 is 8.78 Å².